The molecule has 0 unspecified atom stereocenters. The molecule has 5 atom stereocenters. The van der Waals surface area contributed by atoms with Gasteiger partial charge in [-0.1, -0.05) is 42.1 Å². The maximum absolute atomic E-state index is 13.8. The van der Waals surface area contributed by atoms with Crippen LogP contribution in [-0.2, 0) is 47.7 Å². The number of hydrogen-bond donors (Lipinski definition) is 0. The van der Waals surface area contributed by atoms with Gasteiger partial charge in [-0.3, -0.25) is 28.9 Å². The molecular formula is C31H32N2O11S. The first kappa shape index (κ1) is 33.2. The van der Waals surface area contributed by atoms with E-state index in [9.17, 15) is 24.0 Å². The van der Waals surface area contributed by atoms with E-state index in [1.807, 2.05) is 0 Å². The zero-order valence-electron chi connectivity index (χ0n) is 25.2. The molecule has 2 heterocycles. The lowest BCUT2D eigenvalue weighted by Crippen LogP contribution is -2.61. The van der Waals surface area contributed by atoms with E-state index in [2.05, 4.69) is 4.99 Å². The molecular weight excluding hydrogens is 608 g/mol. The molecule has 4 rings (SSSR count). The Morgan fingerprint density at radius 1 is 0.844 bits per heavy atom. The summed E-state index contributed by atoms with van der Waals surface area (Å²) in [6.45, 7) is 4.24. The zero-order chi connectivity index (χ0) is 32.7. The molecule has 0 aliphatic carbocycles. The van der Waals surface area contributed by atoms with Gasteiger partial charge in [0.1, 0.15) is 24.2 Å². The van der Waals surface area contributed by atoms with Gasteiger partial charge in [0.05, 0.1) is 12.8 Å². The summed E-state index contributed by atoms with van der Waals surface area (Å²) in [6, 6.07) is 15.8. The van der Waals surface area contributed by atoms with Gasteiger partial charge in [-0.2, -0.15) is 0 Å². The lowest BCUT2D eigenvalue weighted by Gasteiger charge is -2.44. The Morgan fingerprint density at radius 2 is 1.44 bits per heavy atom. The van der Waals surface area contributed by atoms with Crippen molar-refractivity contribution >= 4 is 58.5 Å². The number of ether oxygens (including phenoxy) is 6. The van der Waals surface area contributed by atoms with Crippen LogP contribution in [0.3, 0.4) is 0 Å². The first-order chi connectivity index (χ1) is 21.5. The van der Waals surface area contributed by atoms with E-state index < -0.39 is 59.6 Å². The number of benzene rings is 2. The monoisotopic (exact) mass is 640 g/mol. The molecule has 0 saturated carbocycles. The van der Waals surface area contributed by atoms with E-state index in [0.717, 1.165) is 32.5 Å². The third-order valence-electron chi connectivity index (χ3n) is 6.43. The second-order valence-electron chi connectivity index (χ2n) is 9.86. The number of rotatable bonds is 9. The molecule has 0 spiro atoms. The topological polar surface area (TPSA) is 156 Å². The average Bonchev–Trinajstić information content (AvgIpc) is 3.29. The molecule has 2 aliphatic heterocycles. The summed E-state index contributed by atoms with van der Waals surface area (Å²) in [6.07, 6.45) is -3.55. The Hall–Kier alpha value is -4.69. The smallest absolute Gasteiger partial charge is 0.303 e. The molecule has 0 radical (unpaired) electrons. The number of hydrogen-bond acceptors (Lipinski definition) is 13. The Morgan fingerprint density at radius 3 is 2.02 bits per heavy atom. The summed E-state index contributed by atoms with van der Waals surface area (Å²) in [5.41, 5.74) is 0.118. The predicted octanol–water partition coefficient (Wildman–Crippen LogP) is 3.26. The van der Waals surface area contributed by atoms with E-state index in [4.69, 9.17) is 28.4 Å². The van der Waals surface area contributed by atoms with E-state index in [0.29, 0.717) is 17.0 Å². The highest BCUT2D eigenvalue weighted by Gasteiger charge is 2.53. The Kier molecular flexibility index (Phi) is 11.0. The molecule has 2 aliphatic rings. The fraction of sp³-hybridized carbons (Fsp3) is 0.355. The second kappa shape index (κ2) is 14.9. The molecule has 1 amide bonds. The standard InChI is InChI=1S/C31H32N2O11S/c1-17(34)40-16-25-26(41-18(2)35)27(42-19(3)36)28(43-20(4)37)30(44-25)45-31-32-24(15-21-11-13-23(39-5)14-12-21)29(38)33(31)22-9-7-6-8-10-22/h6-15,25-28,30H,16H2,1-5H3/b24-15-/t25-,26-,27+,28-,30+/m1/s1. The summed E-state index contributed by atoms with van der Waals surface area (Å²) in [5.74, 6) is -2.67. The van der Waals surface area contributed by atoms with Gasteiger partial charge in [-0.25, -0.2) is 4.99 Å². The van der Waals surface area contributed by atoms with Crippen LogP contribution < -0.4 is 9.64 Å². The van der Waals surface area contributed by atoms with Gasteiger partial charge in [0.25, 0.3) is 5.91 Å². The first-order valence-corrected chi connectivity index (χ1v) is 14.7. The number of nitrogens with zero attached hydrogens (tertiary/aromatic N) is 2. The van der Waals surface area contributed by atoms with Crippen LogP contribution in [0.1, 0.15) is 33.3 Å². The van der Waals surface area contributed by atoms with Crippen LogP contribution in [0.4, 0.5) is 5.69 Å². The second-order valence-corrected chi connectivity index (χ2v) is 10.9. The number of para-hydroxylation sites is 1. The lowest BCUT2D eigenvalue weighted by molar-refractivity contribution is -0.237. The fourth-order valence-electron chi connectivity index (χ4n) is 4.63. The molecule has 0 bridgehead atoms. The van der Waals surface area contributed by atoms with Crippen LogP contribution in [-0.4, -0.2) is 78.5 Å². The highest BCUT2D eigenvalue weighted by molar-refractivity contribution is 8.14. The van der Waals surface area contributed by atoms with Crippen LogP contribution in [0.2, 0.25) is 0 Å². The Bertz CT molecular complexity index is 1490. The van der Waals surface area contributed by atoms with Crippen LogP contribution in [0.15, 0.2) is 65.3 Å². The molecule has 2 aromatic carbocycles. The molecule has 45 heavy (non-hydrogen) atoms. The molecule has 238 valence electrons. The minimum Gasteiger partial charge on any atom is -0.497 e. The average molecular weight is 641 g/mol. The number of aliphatic imine (C=N–C) groups is 1. The third-order valence-corrected chi connectivity index (χ3v) is 7.53. The van der Waals surface area contributed by atoms with Gasteiger partial charge in [0, 0.05) is 27.7 Å². The van der Waals surface area contributed by atoms with Crippen molar-refractivity contribution in [3.63, 3.8) is 0 Å². The van der Waals surface area contributed by atoms with Crippen LogP contribution in [0, 0.1) is 0 Å². The number of thioether (sulfide) groups is 1. The van der Waals surface area contributed by atoms with Crippen LogP contribution >= 0.6 is 11.8 Å². The van der Waals surface area contributed by atoms with Gasteiger partial charge in [-0.05, 0) is 35.9 Å². The minimum absolute atomic E-state index is 0.108. The number of methoxy groups -OCH3 is 1. The fourth-order valence-corrected chi connectivity index (χ4v) is 5.82. The summed E-state index contributed by atoms with van der Waals surface area (Å²) >= 11 is 0.918. The van der Waals surface area contributed by atoms with Crippen molar-refractivity contribution in [3.05, 3.63) is 65.9 Å². The maximum Gasteiger partial charge on any atom is 0.303 e. The first-order valence-electron chi connectivity index (χ1n) is 13.8. The van der Waals surface area contributed by atoms with Gasteiger partial charge in [0.15, 0.2) is 28.9 Å². The van der Waals surface area contributed by atoms with Crippen molar-refractivity contribution < 1.29 is 52.4 Å². The lowest BCUT2D eigenvalue weighted by atomic mass is 9.99. The van der Waals surface area contributed by atoms with Crippen molar-refractivity contribution in [2.45, 2.75) is 57.5 Å². The van der Waals surface area contributed by atoms with E-state index >= 15 is 0 Å². The molecule has 1 fully saturated rings. The third kappa shape index (κ3) is 8.48. The summed E-state index contributed by atoms with van der Waals surface area (Å²) in [4.78, 5) is 68.0. The number of amides is 1. The van der Waals surface area contributed by atoms with Gasteiger partial charge in [0.2, 0.25) is 0 Å². The Balaban J connectivity index is 1.77. The molecule has 13 nitrogen and oxygen atoms in total. The summed E-state index contributed by atoms with van der Waals surface area (Å²) in [5, 5.41) is 0.159. The van der Waals surface area contributed by atoms with Gasteiger partial charge < -0.3 is 28.4 Å². The molecule has 1 saturated heterocycles. The van der Waals surface area contributed by atoms with Gasteiger partial charge >= 0.3 is 23.9 Å². The zero-order valence-corrected chi connectivity index (χ0v) is 26.0. The Labute approximate surface area is 263 Å². The number of carbonyl (C=O) groups excluding carboxylic acids is 5. The molecule has 0 aromatic heterocycles. The number of anilines is 1. The molecule has 0 N–H and O–H groups in total. The minimum atomic E-state index is -1.36. The van der Waals surface area contributed by atoms with E-state index in [-0.39, 0.29) is 17.5 Å². The molecule has 14 heteroatoms. The van der Waals surface area contributed by atoms with E-state index in [1.165, 1.54) is 11.8 Å². The van der Waals surface area contributed by atoms with Gasteiger partial charge in [-0.15, -0.1) is 0 Å². The van der Waals surface area contributed by atoms with Crippen molar-refractivity contribution in [1.82, 2.24) is 0 Å². The van der Waals surface area contributed by atoms with E-state index in [1.54, 1.807) is 67.8 Å². The normalized spacial score (nSPS) is 23.6. The highest BCUT2D eigenvalue weighted by atomic mass is 32.2. The van der Waals surface area contributed by atoms with Crippen molar-refractivity contribution in [1.29, 1.82) is 0 Å². The SMILES string of the molecule is COc1ccc(/C=C2\N=C(S[C@@H]3O[C@H](COC(C)=O)[C@@H](OC(C)=O)[C@H](OC(C)=O)[C@H]3OC(C)=O)N(c3ccccc3)C2=O)cc1. The van der Waals surface area contributed by atoms with Crippen molar-refractivity contribution in [2.24, 2.45) is 4.99 Å². The van der Waals surface area contributed by atoms with Crippen molar-refractivity contribution in [3.8, 4) is 5.75 Å². The number of carbonyl (C=O) groups is 5. The van der Waals surface area contributed by atoms with Crippen molar-refractivity contribution in [2.75, 3.05) is 18.6 Å². The maximum atomic E-state index is 13.8. The summed E-state index contributed by atoms with van der Waals surface area (Å²) in [7, 11) is 1.55. The highest BCUT2D eigenvalue weighted by Crippen LogP contribution is 2.38. The molecule has 2 aromatic rings. The summed E-state index contributed by atoms with van der Waals surface area (Å²) < 4.78 is 33.2. The van der Waals surface area contributed by atoms with Crippen LogP contribution in [0.5, 0.6) is 5.75 Å². The predicted molar refractivity (Wildman–Crippen MR) is 162 cm³/mol. The van der Waals surface area contributed by atoms with Crippen LogP contribution in [0.25, 0.3) is 6.08 Å². The number of esters is 4. The quantitative estimate of drug-likeness (QED) is 0.224. The number of amidine groups is 1. The largest absolute Gasteiger partial charge is 0.497 e.